The number of thiol groups is 1. The fourth-order valence-electron chi connectivity index (χ4n) is 2.44. The van der Waals surface area contributed by atoms with Crippen molar-refractivity contribution in [2.24, 2.45) is 5.92 Å². The van der Waals surface area contributed by atoms with Crippen molar-refractivity contribution in [1.82, 2.24) is 16.0 Å². The second kappa shape index (κ2) is 15.7. The summed E-state index contributed by atoms with van der Waals surface area (Å²) >= 11 is 4.35. The second-order valence-corrected chi connectivity index (χ2v) is 7.92. The number of carbonyl (C=O) groups is 2. The first-order valence-electron chi connectivity index (χ1n) is 10.5. The van der Waals surface area contributed by atoms with E-state index in [9.17, 15) is 9.59 Å². The maximum Gasteiger partial charge on any atom is 0.257 e. The Bertz CT molecular complexity index is 727. The van der Waals surface area contributed by atoms with Gasteiger partial charge in [0.25, 0.3) is 11.8 Å². The van der Waals surface area contributed by atoms with Gasteiger partial charge in [0, 0.05) is 42.4 Å². The van der Waals surface area contributed by atoms with Crippen molar-refractivity contribution in [1.29, 1.82) is 0 Å². The van der Waals surface area contributed by atoms with Crippen LogP contribution in [0.4, 0.5) is 0 Å². The minimum atomic E-state index is -0.284. The quantitative estimate of drug-likeness (QED) is 0.160. The van der Waals surface area contributed by atoms with Crippen molar-refractivity contribution < 1.29 is 19.1 Å². The SMILES string of the molecule is CC(C)C#CNC(=O)COCCOC(CS)c1ccc(C(=O)NCCNC(C)C)cc1. The largest absolute Gasteiger partial charge is 0.370 e. The van der Waals surface area contributed by atoms with Crippen LogP contribution in [0, 0.1) is 17.9 Å². The molecule has 0 aliphatic heterocycles. The molecule has 0 spiro atoms. The van der Waals surface area contributed by atoms with Gasteiger partial charge in [-0.1, -0.05) is 45.7 Å². The Morgan fingerprint density at radius 3 is 2.39 bits per heavy atom. The van der Waals surface area contributed by atoms with Gasteiger partial charge >= 0.3 is 0 Å². The van der Waals surface area contributed by atoms with Gasteiger partial charge in [0.15, 0.2) is 0 Å². The number of rotatable bonds is 13. The summed E-state index contributed by atoms with van der Waals surface area (Å²) in [5.41, 5.74) is 1.52. The molecule has 0 saturated heterocycles. The van der Waals surface area contributed by atoms with E-state index in [-0.39, 0.29) is 37.0 Å². The molecule has 1 unspecified atom stereocenters. The summed E-state index contributed by atoms with van der Waals surface area (Å²) in [4.78, 5) is 23.8. The minimum absolute atomic E-state index is 0.0713. The Hall–Kier alpha value is -2.05. The molecule has 1 aromatic rings. The first kappa shape index (κ1) is 27.0. The maximum absolute atomic E-state index is 12.2. The minimum Gasteiger partial charge on any atom is -0.370 e. The summed E-state index contributed by atoms with van der Waals surface area (Å²) < 4.78 is 11.1. The predicted octanol–water partition coefficient (Wildman–Crippen LogP) is 2.15. The highest BCUT2D eigenvalue weighted by molar-refractivity contribution is 7.80. The number of hydrogen-bond acceptors (Lipinski definition) is 6. The van der Waals surface area contributed by atoms with Gasteiger partial charge in [0.1, 0.15) is 6.61 Å². The maximum atomic E-state index is 12.2. The fourth-order valence-corrected chi connectivity index (χ4v) is 2.76. The Morgan fingerprint density at radius 1 is 1.06 bits per heavy atom. The number of hydrogen-bond donors (Lipinski definition) is 4. The summed E-state index contributed by atoms with van der Waals surface area (Å²) in [6.07, 6.45) is -0.231. The number of benzene rings is 1. The fraction of sp³-hybridized carbons (Fsp3) is 0.565. The van der Waals surface area contributed by atoms with Gasteiger partial charge in [-0.25, -0.2) is 0 Å². The van der Waals surface area contributed by atoms with Crippen molar-refractivity contribution in [3.63, 3.8) is 0 Å². The lowest BCUT2D eigenvalue weighted by atomic mass is 10.1. The zero-order valence-corrected chi connectivity index (χ0v) is 19.8. The molecule has 1 rings (SSSR count). The number of amides is 2. The molecule has 1 aromatic carbocycles. The van der Waals surface area contributed by atoms with E-state index in [0.717, 1.165) is 12.1 Å². The van der Waals surface area contributed by atoms with Crippen LogP contribution in [-0.4, -0.2) is 56.5 Å². The molecule has 3 N–H and O–H groups in total. The predicted molar refractivity (Wildman–Crippen MR) is 126 cm³/mol. The molecule has 0 heterocycles. The lowest BCUT2D eigenvalue weighted by Gasteiger charge is -2.16. The molecule has 0 aliphatic rings. The zero-order valence-electron chi connectivity index (χ0n) is 18.9. The van der Waals surface area contributed by atoms with Gasteiger partial charge in [0.05, 0.1) is 19.3 Å². The van der Waals surface area contributed by atoms with E-state index in [1.165, 1.54) is 0 Å². The molecule has 0 saturated carbocycles. The standard InChI is InChI=1S/C23H35N3O4S/c1-17(2)9-10-25-22(27)15-29-13-14-30-21(16-31)19-5-7-20(8-6-19)23(28)26-12-11-24-18(3)4/h5-8,17-18,21,24,31H,11-16H2,1-4H3,(H,25,27)(H,26,28). The van der Waals surface area contributed by atoms with Crippen molar-refractivity contribution >= 4 is 24.4 Å². The lowest BCUT2D eigenvalue weighted by Crippen LogP contribution is -2.34. The Kier molecular flexibility index (Phi) is 13.7. The van der Waals surface area contributed by atoms with Crippen molar-refractivity contribution in [2.75, 3.05) is 38.7 Å². The number of ether oxygens (including phenoxy) is 2. The van der Waals surface area contributed by atoms with E-state index in [1.807, 2.05) is 26.0 Å². The molecule has 172 valence electrons. The van der Waals surface area contributed by atoms with E-state index >= 15 is 0 Å². The first-order valence-corrected chi connectivity index (χ1v) is 11.2. The van der Waals surface area contributed by atoms with Gasteiger partial charge in [-0.3, -0.25) is 14.9 Å². The zero-order chi connectivity index (χ0) is 23.1. The highest BCUT2D eigenvalue weighted by atomic mass is 32.1. The molecule has 0 bridgehead atoms. The van der Waals surface area contributed by atoms with Crippen molar-refractivity contribution in [3.05, 3.63) is 35.4 Å². The van der Waals surface area contributed by atoms with E-state index in [1.54, 1.807) is 12.1 Å². The molecule has 2 amide bonds. The van der Waals surface area contributed by atoms with Crippen LogP contribution in [0.3, 0.4) is 0 Å². The molecule has 1 atom stereocenters. The third-order valence-corrected chi connectivity index (χ3v) is 4.35. The van der Waals surface area contributed by atoms with E-state index in [0.29, 0.717) is 30.5 Å². The summed E-state index contributed by atoms with van der Waals surface area (Å²) in [5, 5.41) is 8.61. The molecular formula is C23H35N3O4S. The van der Waals surface area contributed by atoms with Crippen LogP contribution in [0.15, 0.2) is 24.3 Å². The van der Waals surface area contributed by atoms with Crippen molar-refractivity contribution in [2.45, 2.75) is 39.8 Å². The van der Waals surface area contributed by atoms with Crippen LogP contribution < -0.4 is 16.0 Å². The summed E-state index contributed by atoms with van der Waals surface area (Å²) in [6.45, 7) is 9.84. The Labute approximate surface area is 191 Å². The lowest BCUT2D eigenvalue weighted by molar-refractivity contribution is -0.125. The van der Waals surface area contributed by atoms with Crippen molar-refractivity contribution in [3.8, 4) is 12.0 Å². The average Bonchev–Trinajstić information content (AvgIpc) is 2.73. The Morgan fingerprint density at radius 2 is 1.77 bits per heavy atom. The van der Waals surface area contributed by atoms with E-state index < -0.39 is 0 Å². The van der Waals surface area contributed by atoms with Crippen LogP contribution in [-0.2, 0) is 14.3 Å². The van der Waals surface area contributed by atoms with E-state index in [2.05, 4.69) is 54.4 Å². The molecule has 0 aromatic heterocycles. The van der Waals surface area contributed by atoms with Crippen LogP contribution in [0.25, 0.3) is 0 Å². The van der Waals surface area contributed by atoms with Crippen LogP contribution in [0.5, 0.6) is 0 Å². The van der Waals surface area contributed by atoms with Gasteiger partial charge < -0.3 is 20.1 Å². The molecule has 7 nitrogen and oxygen atoms in total. The third-order valence-electron chi connectivity index (χ3n) is 4.02. The average molecular weight is 450 g/mol. The van der Waals surface area contributed by atoms with Gasteiger partial charge in [-0.15, -0.1) is 0 Å². The summed E-state index contributed by atoms with van der Waals surface area (Å²) in [5.74, 6) is 3.14. The van der Waals surface area contributed by atoms with Gasteiger partial charge in [0.2, 0.25) is 0 Å². The Balaban J connectivity index is 2.35. The van der Waals surface area contributed by atoms with E-state index in [4.69, 9.17) is 9.47 Å². The molecular weight excluding hydrogens is 414 g/mol. The molecule has 31 heavy (non-hydrogen) atoms. The second-order valence-electron chi connectivity index (χ2n) is 7.55. The first-order chi connectivity index (χ1) is 14.8. The monoisotopic (exact) mass is 449 g/mol. The highest BCUT2D eigenvalue weighted by Gasteiger charge is 2.12. The molecule has 0 aliphatic carbocycles. The van der Waals surface area contributed by atoms with Crippen LogP contribution in [0.2, 0.25) is 0 Å². The van der Waals surface area contributed by atoms with Gasteiger partial charge in [-0.2, -0.15) is 12.6 Å². The summed E-state index contributed by atoms with van der Waals surface area (Å²) in [7, 11) is 0. The molecule has 0 radical (unpaired) electrons. The van der Waals surface area contributed by atoms with Gasteiger partial charge in [-0.05, 0) is 17.7 Å². The highest BCUT2D eigenvalue weighted by Crippen LogP contribution is 2.19. The van der Waals surface area contributed by atoms with Crippen LogP contribution in [0.1, 0.15) is 49.7 Å². The normalized spacial score (nSPS) is 11.7. The smallest absolute Gasteiger partial charge is 0.257 e. The molecule has 0 fully saturated rings. The summed E-state index contributed by atoms with van der Waals surface area (Å²) in [6, 6.07) is 10.3. The topological polar surface area (TPSA) is 88.7 Å². The third kappa shape index (κ3) is 12.4. The number of carbonyl (C=O) groups excluding carboxylic acids is 2. The molecule has 8 heteroatoms. The van der Waals surface area contributed by atoms with Crippen LogP contribution >= 0.6 is 12.6 Å². The number of nitrogens with one attached hydrogen (secondary N) is 3.